The molecular weight excluding hydrogens is 404 g/mol. The van der Waals surface area contributed by atoms with Gasteiger partial charge in [-0.3, -0.25) is 24.3 Å². The lowest BCUT2D eigenvalue weighted by molar-refractivity contribution is -0.124. The van der Waals surface area contributed by atoms with Gasteiger partial charge in [-0.1, -0.05) is 42.5 Å². The van der Waals surface area contributed by atoms with Gasteiger partial charge in [-0.15, -0.1) is 0 Å². The Morgan fingerprint density at radius 3 is 2.25 bits per heavy atom. The lowest BCUT2D eigenvalue weighted by Crippen LogP contribution is -2.53. The number of fused-ring (bicyclic) bond motifs is 1. The maximum Gasteiger partial charge on any atom is 0.241 e. The Balaban J connectivity index is 1.23. The molecule has 2 aromatic carbocycles. The highest BCUT2D eigenvalue weighted by Crippen LogP contribution is 2.39. The molecule has 1 N–H and O–H groups in total. The number of rotatable bonds is 6. The number of ether oxygens (including phenoxy) is 1. The molecule has 3 aliphatic rings. The first-order chi connectivity index (χ1) is 15.7. The summed E-state index contributed by atoms with van der Waals surface area (Å²) in [6.07, 6.45) is 2.21. The molecule has 2 fully saturated rings. The molecule has 0 spiro atoms. The first kappa shape index (κ1) is 21.0. The molecule has 0 unspecified atom stereocenters. The van der Waals surface area contributed by atoms with Crippen LogP contribution in [0.25, 0.3) is 0 Å². The van der Waals surface area contributed by atoms with E-state index in [0.717, 1.165) is 56.0 Å². The second-order valence-corrected chi connectivity index (χ2v) is 8.86. The van der Waals surface area contributed by atoms with Crippen LogP contribution in [0.2, 0.25) is 0 Å². The number of hydrogen-bond acceptors (Lipinski definition) is 5. The molecule has 1 atom stereocenters. The van der Waals surface area contributed by atoms with Crippen molar-refractivity contribution in [3.63, 3.8) is 0 Å². The van der Waals surface area contributed by atoms with Crippen LogP contribution in [0.5, 0.6) is 5.75 Å². The third-order valence-electron chi connectivity index (χ3n) is 6.42. The van der Waals surface area contributed by atoms with Crippen molar-refractivity contribution in [3.05, 3.63) is 60.2 Å². The highest BCUT2D eigenvalue weighted by atomic mass is 16.5. The number of para-hydroxylation sites is 2. The third kappa shape index (κ3) is 4.79. The van der Waals surface area contributed by atoms with Gasteiger partial charge in [0.25, 0.3) is 0 Å². The van der Waals surface area contributed by atoms with Gasteiger partial charge in [0.05, 0.1) is 24.8 Å². The normalized spacial score (nSPS) is 21.5. The number of benzene rings is 2. The van der Waals surface area contributed by atoms with E-state index >= 15 is 0 Å². The van der Waals surface area contributed by atoms with E-state index in [-0.39, 0.29) is 17.9 Å². The van der Waals surface area contributed by atoms with E-state index in [4.69, 9.17) is 4.74 Å². The Morgan fingerprint density at radius 2 is 1.53 bits per heavy atom. The van der Waals surface area contributed by atoms with Crippen LogP contribution in [0.3, 0.4) is 0 Å². The number of anilines is 1. The van der Waals surface area contributed by atoms with Crippen molar-refractivity contribution in [1.82, 2.24) is 15.1 Å². The maximum atomic E-state index is 13.6. The van der Waals surface area contributed by atoms with Gasteiger partial charge in [-0.05, 0) is 30.5 Å². The average Bonchev–Trinajstić information content (AvgIpc) is 3.64. The molecule has 2 aliphatic heterocycles. The molecule has 5 rings (SSSR count). The summed E-state index contributed by atoms with van der Waals surface area (Å²) < 4.78 is 5.99. The van der Waals surface area contributed by atoms with E-state index < -0.39 is 0 Å². The number of carbonyl (C=O) groups excluding carboxylic acids is 2. The van der Waals surface area contributed by atoms with Crippen LogP contribution in [0.15, 0.2) is 54.6 Å². The topological polar surface area (TPSA) is 65.1 Å². The zero-order valence-electron chi connectivity index (χ0n) is 18.3. The number of nitrogens with zero attached hydrogens (tertiary/aromatic N) is 3. The summed E-state index contributed by atoms with van der Waals surface area (Å²) >= 11 is 0. The molecule has 0 aromatic heterocycles. The van der Waals surface area contributed by atoms with E-state index in [1.54, 1.807) is 0 Å². The van der Waals surface area contributed by atoms with Crippen molar-refractivity contribution < 1.29 is 14.3 Å². The van der Waals surface area contributed by atoms with Crippen LogP contribution < -0.4 is 15.0 Å². The van der Waals surface area contributed by atoms with Gasteiger partial charge in [-0.25, -0.2) is 0 Å². The Labute approximate surface area is 188 Å². The molecule has 2 aromatic rings. The van der Waals surface area contributed by atoms with Gasteiger partial charge in [-0.2, -0.15) is 0 Å². The first-order valence-electron chi connectivity index (χ1n) is 11.5. The average molecular weight is 435 g/mol. The molecular formula is C25H30N4O3. The van der Waals surface area contributed by atoms with Crippen molar-refractivity contribution >= 4 is 17.5 Å². The van der Waals surface area contributed by atoms with Crippen molar-refractivity contribution in [2.45, 2.75) is 24.9 Å². The molecule has 32 heavy (non-hydrogen) atoms. The summed E-state index contributed by atoms with van der Waals surface area (Å²) in [6.45, 7) is 4.41. The molecule has 1 saturated heterocycles. The summed E-state index contributed by atoms with van der Waals surface area (Å²) in [5.41, 5.74) is 1.90. The summed E-state index contributed by atoms with van der Waals surface area (Å²) in [6, 6.07) is 18.1. The Kier molecular flexibility index (Phi) is 6.10. The van der Waals surface area contributed by atoms with Crippen LogP contribution in [-0.2, 0) is 9.59 Å². The third-order valence-corrected chi connectivity index (χ3v) is 6.42. The first-order valence-corrected chi connectivity index (χ1v) is 11.5. The Morgan fingerprint density at radius 1 is 0.875 bits per heavy atom. The van der Waals surface area contributed by atoms with Gasteiger partial charge < -0.3 is 10.1 Å². The fraction of sp³-hybridized carbons (Fsp3) is 0.440. The SMILES string of the molecule is O=C(CN1CCN(CC(=O)N2c3ccccc3OC[C@H]2c2ccccc2)CC1)NC1CC1. The minimum absolute atomic E-state index is 0.0783. The van der Waals surface area contributed by atoms with Crippen molar-refractivity contribution in [2.75, 3.05) is 50.8 Å². The highest BCUT2D eigenvalue weighted by molar-refractivity contribution is 5.97. The summed E-state index contributed by atoms with van der Waals surface area (Å²) in [5.74, 6) is 0.946. The smallest absolute Gasteiger partial charge is 0.241 e. The van der Waals surface area contributed by atoms with Gasteiger partial charge in [0.15, 0.2) is 0 Å². The molecule has 7 heteroatoms. The van der Waals surface area contributed by atoms with Crippen LogP contribution >= 0.6 is 0 Å². The monoisotopic (exact) mass is 434 g/mol. The minimum Gasteiger partial charge on any atom is -0.489 e. The number of piperazine rings is 1. The van der Waals surface area contributed by atoms with E-state index in [2.05, 4.69) is 15.1 Å². The molecule has 7 nitrogen and oxygen atoms in total. The quantitative estimate of drug-likeness (QED) is 0.754. The van der Waals surface area contributed by atoms with Gasteiger partial charge in [0, 0.05) is 32.2 Å². The predicted molar refractivity (Wildman–Crippen MR) is 123 cm³/mol. The summed E-state index contributed by atoms with van der Waals surface area (Å²) in [5, 5.41) is 3.05. The second kappa shape index (κ2) is 9.30. The van der Waals surface area contributed by atoms with Gasteiger partial charge in [0.1, 0.15) is 12.4 Å². The van der Waals surface area contributed by atoms with Crippen molar-refractivity contribution in [1.29, 1.82) is 0 Å². The summed E-state index contributed by atoms with van der Waals surface area (Å²) in [7, 11) is 0. The standard InChI is InChI=1S/C25H30N4O3/c30-24(26-20-10-11-20)16-27-12-14-28(15-13-27)17-25(31)29-21-8-4-5-9-23(21)32-18-22(29)19-6-2-1-3-7-19/h1-9,20,22H,10-18H2,(H,26,30)/t22-/m0/s1. The van der Waals surface area contributed by atoms with Crippen LogP contribution in [0.1, 0.15) is 24.4 Å². The molecule has 2 amide bonds. The largest absolute Gasteiger partial charge is 0.489 e. The van der Waals surface area contributed by atoms with E-state index in [9.17, 15) is 9.59 Å². The van der Waals surface area contributed by atoms with E-state index in [1.165, 1.54) is 0 Å². The van der Waals surface area contributed by atoms with E-state index in [1.807, 2.05) is 59.5 Å². The minimum atomic E-state index is -0.147. The molecule has 0 radical (unpaired) electrons. The van der Waals surface area contributed by atoms with Gasteiger partial charge in [0.2, 0.25) is 11.8 Å². The fourth-order valence-electron chi connectivity index (χ4n) is 4.50. The van der Waals surface area contributed by atoms with Crippen molar-refractivity contribution in [2.24, 2.45) is 0 Å². The maximum absolute atomic E-state index is 13.6. The zero-order valence-corrected chi connectivity index (χ0v) is 18.3. The number of carbonyl (C=O) groups is 2. The number of hydrogen-bond donors (Lipinski definition) is 1. The van der Waals surface area contributed by atoms with Crippen LogP contribution in [0.4, 0.5) is 5.69 Å². The Bertz CT molecular complexity index is 955. The number of nitrogens with one attached hydrogen (secondary N) is 1. The molecule has 168 valence electrons. The Hall–Kier alpha value is -2.90. The molecule has 1 aliphatic carbocycles. The molecule has 0 bridgehead atoms. The zero-order chi connectivity index (χ0) is 21.9. The fourth-order valence-corrected chi connectivity index (χ4v) is 4.50. The van der Waals surface area contributed by atoms with Crippen LogP contribution in [-0.4, -0.2) is 73.5 Å². The lowest BCUT2D eigenvalue weighted by atomic mass is 10.0. The summed E-state index contributed by atoms with van der Waals surface area (Å²) in [4.78, 5) is 31.9. The lowest BCUT2D eigenvalue weighted by Gasteiger charge is -2.39. The highest BCUT2D eigenvalue weighted by Gasteiger charge is 2.34. The van der Waals surface area contributed by atoms with Crippen LogP contribution in [0, 0.1) is 0 Å². The molecule has 1 saturated carbocycles. The second-order valence-electron chi connectivity index (χ2n) is 8.86. The number of amides is 2. The van der Waals surface area contributed by atoms with Gasteiger partial charge >= 0.3 is 0 Å². The van der Waals surface area contributed by atoms with Crippen molar-refractivity contribution in [3.8, 4) is 5.75 Å². The van der Waals surface area contributed by atoms with E-state index in [0.29, 0.717) is 25.7 Å². The molecule has 2 heterocycles. The predicted octanol–water partition coefficient (Wildman–Crippen LogP) is 2.05.